The van der Waals surface area contributed by atoms with Gasteiger partial charge in [-0.05, 0) is 45.2 Å². The van der Waals surface area contributed by atoms with Crippen molar-refractivity contribution < 1.29 is 4.74 Å². The Morgan fingerprint density at radius 3 is 2.96 bits per heavy atom. The quantitative estimate of drug-likeness (QED) is 0.880. The molecule has 1 saturated heterocycles. The number of pyridine rings is 1. The molecule has 24 heavy (non-hydrogen) atoms. The second-order valence-electron chi connectivity index (χ2n) is 6.53. The fourth-order valence-corrected chi connectivity index (χ4v) is 2.89. The number of nitrogens with zero attached hydrogens (tertiary/aromatic N) is 4. The first-order valence-electron chi connectivity index (χ1n) is 8.51. The minimum atomic E-state index is 0.104. The van der Waals surface area contributed by atoms with E-state index in [9.17, 15) is 0 Å². The summed E-state index contributed by atoms with van der Waals surface area (Å²) in [6.07, 6.45) is 4.72. The summed E-state index contributed by atoms with van der Waals surface area (Å²) in [6.45, 7) is 8.87. The maximum Gasteiger partial charge on any atom is 0.234 e. The normalized spacial score (nSPS) is 17.3. The van der Waals surface area contributed by atoms with E-state index in [1.165, 1.54) is 0 Å². The Balaban J connectivity index is 1.55. The predicted molar refractivity (Wildman–Crippen MR) is 95.6 cm³/mol. The first-order chi connectivity index (χ1) is 11.6. The van der Waals surface area contributed by atoms with Crippen molar-refractivity contribution in [2.24, 2.45) is 5.92 Å². The van der Waals surface area contributed by atoms with Crippen molar-refractivity contribution in [3.8, 4) is 5.88 Å². The van der Waals surface area contributed by atoms with E-state index >= 15 is 0 Å². The number of hydrogen-bond acceptors (Lipinski definition) is 6. The van der Waals surface area contributed by atoms with Crippen LogP contribution in [0, 0.1) is 12.8 Å². The minimum absolute atomic E-state index is 0.104. The first-order valence-corrected chi connectivity index (χ1v) is 8.51. The van der Waals surface area contributed by atoms with Crippen LogP contribution in [-0.2, 0) is 0 Å². The summed E-state index contributed by atoms with van der Waals surface area (Å²) in [6, 6.07) is 6.05. The molecule has 0 unspecified atom stereocenters. The van der Waals surface area contributed by atoms with E-state index in [2.05, 4.69) is 25.2 Å². The molecule has 1 aliphatic rings. The number of nitrogens with one attached hydrogen (secondary N) is 1. The number of ether oxygens (including phenoxy) is 1. The number of aromatic nitrogens is 3. The van der Waals surface area contributed by atoms with Crippen LogP contribution >= 0.6 is 0 Å². The molecule has 1 fully saturated rings. The number of anilines is 2. The molecule has 1 atom stereocenters. The molecule has 128 valence electrons. The summed E-state index contributed by atoms with van der Waals surface area (Å²) in [7, 11) is 0. The van der Waals surface area contributed by atoms with Gasteiger partial charge in [-0.25, -0.2) is 4.98 Å². The third-order valence-electron chi connectivity index (χ3n) is 4.03. The van der Waals surface area contributed by atoms with Gasteiger partial charge in [0.15, 0.2) is 5.82 Å². The maximum atomic E-state index is 5.64. The lowest BCUT2D eigenvalue weighted by Gasteiger charge is -2.18. The molecule has 2 aromatic heterocycles. The van der Waals surface area contributed by atoms with Crippen LogP contribution in [0.2, 0.25) is 0 Å². The Hall–Kier alpha value is -2.37. The predicted octanol–water partition coefficient (Wildman–Crippen LogP) is 2.91. The van der Waals surface area contributed by atoms with Crippen molar-refractivity contribution in [3.63, 3.8) is 0 Å². The molecule has 0 amide bonds. The number of hydrogen-bond donors (Lipinski definition) is 1. The second-order valence-corrected chi connectivity index (χ2v) is 6.53. The van der Waals surface area contributed by atoms with Crippen LogP contribution in [0.25, 0.3) is 0 Å². The summed E-state index contributed by atoms with van der Waals surface area (Å²) < 4.78 is 5.64. The molecule has 0 saturated carbocycles. The summed E-state index contributed by atoms with van der Waals surface area (Å²) in [5.41, 5.74) is 1.03. The molecule has 1 aliphatic heterocycles. The lowest BCUT2D eigenvalue weighted by atomic mass is 10.1. The highest BCUT2D eigenvalue weighted by atomic mass is 16.5. The van der Waals surface area contributed by atoms with Gasteiger partial charge in [0.2, 0.25) is 5.88 Å². The molecule has 0 aliphatic carbocycles. The van der Waals surface area contributed by atoms with Gasteiger partial charge in [0.1, 0.15) is 5.82 Å². The summed E-state index contributed by atoms with van der Waals surface area (Å²) in [5, 5.41) is 3.44. The number of rotatable bonds is 6. The Labute approximate surface area is 143 Å². The molecular formula is C18H25N5O. The molecule has 6 heteroatoms. The third kappa shape index (κ3) is 4.34. The molecule has 0 aromatic carbocycles. The van der Waals surface area contributed by atoms with E-state index in [0.29, 0.717) is 11.8 Å². The maximum absolute atomic E-state index is 5.64. The summed E-state index contributed by atoms with van der Waals surface area (Å²) in [5.74, 6) is 3.00. The van der Waals surface area contributed by atoms with Crippen LogP contribution in [0.1, 0.15) is 26.0 Å². The van der Waals surface area contributed by atoms with Gasteiger partial charge < -0.3 is 15.0 Å². The van der Waals surface area contributed by atoms with Crippen molar-refractivity contribution >= 4 is 11.6 Å². The zero-order chi connectivity index (χ0) is 16.9. The Morgan fingerprint density at radius 1 is 1.29 bits per heavy atom. The van der Waals surface area contributed by atoms with Crippen LogP contribution < -0.4 is 15.0 Å². The zero-order valence-corrected chi connectivity index (χ0v) is 14.6. The van der Waals surface area contributed by atoms with Crippen molar-refractivity contribution in [3.05, 3.63) is 36.3 Å². The van der Waals surface area contributed by atoms with E-state index in [1.54, 1.807) is 6.20 Å². The van der Waals surface area contributed by atoms with Crippen molar-refractivity contribution in [1.82, 2.24) is 15.0 Å². The Bertz CT molecular complexity index is 676. The van der Waals surface area contributed by atoms with Gasteiger partial charge in [0.05, 0.1) is 18.5 Å². The molecule has 3 rings (SSSR count). The van der Waals surface area contributed by atoms with Gasteiger partial charge in [-0.1, -0.05) is 6.07 Å². The second kappa shape index (κ2) is 7.47. The Kier molecular flexibility index (Phi) is 5.13. The van der Waals surface area contributed by atoms with Crippen molar-refractivity contribution in [2.75, 3.05) is 29.9 Å². The van der Waals surface area contributed by atoms with Crippen molar-refractivity contribution in [2.45, 2.75) is 33.3 Å². The summed E-state index contributed by atoms with van der Waals surface area (Å²) in [4.78, 5) is 15.6. The van der Waals surface area contributed by atoms with Crippen molar-refractivity contribution in [1.29, 1.82) is 0 Å². The van der Waals surface area contributed by atoms with E-state index < -0.39 is 0 Å². The highest BCUT2D eigenvalue weighted by Crippen LogP contribution is 2.23. The van der Waals surface area contributed by atoms with Crippen LogP contribution in [-0.4, -0.2) is 40.7 Å². The number of aryl methyl sites for hydroxylation is 1. The highest BCUT2D eigenvalue weighted by Gasteiger charge is 2.24. The van der Waals surface area contributed by atoms with Crippen LogP contribution in [0.3, 0.4) is 0 Å². The fraction of sp³-hybridized carbons (Fsp3) is 0.500. The lowest BCUT2D eigenvalue weighted by Crippen LogP contribution is -2.24. The van der Waals surface area contributed by atoms with Gasteiger partial charge >= 0.3 is 0 Å². The SMILES string of the molecule is Cc1cccc(NC[C@H]2CCN(c3cncc(OC(C)C)n3)C2)n1. The zero-order valence-electron chi connectivity index (χ0n) is 14.6. The topological polar surface area (TPSA) is 63.2 Å². The molecule has 1 N–H and O–H groups in total. The minimum Gasteiger partial charge on any atom is -0.474 e. The molecule has 0 radical (unpaired) electrons. The van der Waals surface area contributed by atoms with Gasteiger partial charge in [0.25, 0.3) is 0 Å². The smallest absolute Gasteiger partial charge is 0.234 e. The van der Waals surface area contributed by atoms with Gasteiger partial charge in [-0.2, -0.15) is 4.98 Å². The highest BCUT2D eigenvalue weighted by molar-refractivity contribution is 5.40. The van der Waals surface area contributed by atoms with E-state index in [4.69, 9.17) is 4.74 Å². The Morgan fingerprint density at radius 2 is 2.17 bits per heavy atom. The molecular weight excluding hydrogens is 302 g/mol. The lowest BCUT2D eigenvalue weighted by molar-refractivity contribution is 0.231. The van der Waals surface area contributed by atoms with Gasteiger partial charge in [-0.15, -0.1) is 0 Å². The standard InChI is InChI=1S/C18H25N5O/c1-13(2)24-18-11-19-10-17(22-18)23-8-7-15(12-23)9-20-16-6-4-5-14(3)21-16/h4-6,10-11,13,15H,7-9,12H2,1-3H3,(H,20,21)/t15-/m1/s1. The largest absolute Gasteiger partial charge is 0.474 e. The van der Waals surface area contributed by atoms with Gasteiger partial charge in [-0.3, -0.25) is 4.98 Å². The van der Waals surface area contributed by atoms with Crippen LogP contribution in [0.15, 0.2) is 30.6 Å². The van der Waals surface area contributed by atoms with Crippen LogP contribution in [0.5, 0.6) is 5.88 Å². The average Bonchev–Trinajstić information content (AvgIpc) is 3.02. The molecule has 0 spiro atoms. The average molecular weight is 327 g/mol. The first kappa shape index (κ1) is 16.5. The fourth-order valence-electron chi connectivity index (χ4n) is 2.89. The van der Waals surface area contributed by atoms with E-state index in [-0.39, 0.29) is 6.10 Å². The molecule has 3 heterocycles. The summed E-state index contributed by atoms with van der Waals surface area (Å²) >= 11 is 0. The third-order valence-corrected chi connectivity index (χ3v) is 4.03. The molecule has 0 bridgehead atoms. The molecule has 6 nitrogen and oxygen atoms in total. The molecule has 2 aromatic rings. The van der Waals surface area contributed by atoms with Gasteiger partial charge in [0, 0.05) is 25.3 Å². The van der Waals surface area contributed by atoms with E-state index in [0.717, 1.165) is 43.4 Å². The van der Waals surface area contributed by atoms with E-state index in [1.807, 2.05) is 45.2 Å². The van der Waals surface area contributed by atoms with Crippen LogP contribution in [0.4, 0.5) is 11.6 Å². The monoisotopic (exact) mass is 327 g/mol.